The van der Waals surface area contributed by atoms with Gasteiger partial charge in [-0.2, -0.15) is 0 Å². The number of nitrogens with zero attached hydrogens (tertiary/aromatic N) is 2. The Labute approximate surface area is 242 Å². The van der Waals surface area contributed by atoms with Gasteiger partial charge in [-0.25, -0.2) is 12.8 Å². The zero-order chi connectivity index (χ0) is 29.6. The lowest BCUT2D eigenvalue weighted by Crippen LogP contribution is -2.53. The van der Waals surface area contributed by atoms with Crippen LogP contribution in [0.4, 0.5) is 10.1 Å². The highest BCUT2D eigenvalue weighted by atomic mass is 32.2. The van der Waals surface area contributed by atoms with Gasteiger partial charge in [0.25, 0.3) is 10.0 Å². The Hall–Kier alpha value is -3.72. The number of rotatable bonds is 10. The molecule has 0 bridgehead atoms. The van der Waals surface area contributed by atoms with Crippen molar-refractivity contribution in [3.05, 3.63) is 95.3 Å². The molecule has 1 aliphatic carbocycles. The number of hydrogen-bond acceptors (Lipinski definition) is 4. The Morgan fingerprint density at radius 3 is 2.02 bits per heavy atom. The number of amides is 2. The maximum absolute atomic E-state index is 14.0. The van der Waals surface area contributed by atoms with Crippen molar-refractivity contribution < 1.29 is 22.4 Å². The van der Waals surface area contributed by atoms with E-state index in [1.54, 1.807) is 55.5 Å². The van der Waals surface area contributed by atoms with Gasteiger partial charge in [0.1, 0.15) is 18.4 Å². The van der Waals surface area contributed by atoms with Crippen LogP contribution < -0.4 is 9.62 Å². The molecule has 2 amide bonds. The fourth-order valence-corrected chi connectivity index (χ4v) is 6.43. The zero-order valence-corrected chi connectivity index (χ0v) is 24.7. The van der Waals surface area contributed by atoms with E-state index in [0.29, 0.717) is 11.3 Å². The molecule has 218 valence electrons. The molecule has 7 nitrogen and oxygen atoms in total. The Morgan fingerprint density at radius 2 is 1.44 bits per heavy atom. The van der Waals surface area contributed by atoms with Crippen molar-refractivity contribution in [1.82, 2.24) is 10.2 Å². The second kappa shape index (κ2) is 13.3. The molecular formula is C32H38FN3O4S. The quantitative estimate of drug-likeness (QED) is 0.344. The van der Waals surface area contributed by atoms with E-state index in [2.05, 4.69) is 5.32 Å². The second-order valence-electron chi connectivity index (χ2n) is 10.8. The van der Waals surface area contributed by atoms with Gasteiger partial charge < -0.3 is 10.2 Å². The smallest absolute Gasteiger partial charge is 0.264 e. The number of aryl methyl sites for hydroxylation is 2. The van der Waals surface area contributed by atoms with E-state index < -0.39 is 34.3 Å². The number of carbonyl (C=O) groups excluding carboxylic acids is 2. The molecule has 1 N–H and O–H groups in total. The lowest BCUT2D eigenvalue weighted by atomic mass is 9.95. The summed E-state index contributed by atoms with van der Waals surface area (Å²) >= 11 is 0. The first-order valence-corrected chi connectivity index (χ1v) is 15.5. The van der Waals surface area contributed by atoms with E-state index >= 15 is 0 Å². The first kappa shape index (κ1) is 30.2. The van der Waals surface area contributed by atoms with Crippen molar-refractivity contribution in [2.75, 3.05) is 10.8 Å². The molecule has 0 radical (unpaired) electrons. The third kappa shape index (κ3) is 7.73. The molecule has 3 aromatic rings. The van der Waals surface area contributed by atoms with Crippen LogP contribution in [0, 0.1) is 19.7 Å². The van der Waals surface area contributed by atoms with Crippen LogP contribution in [0.25, 0.3) is 0 Å². The van der Waals surface area contributed by atoms with Crippen LogP contribution >= 0.6 is 0 Å². The number of benzene rings is 3. The summed E-state index contributed by atoms with van der Waals surface area (Å²) in [7, 11) is -4.12. The van der Waals surface area contributed by atoms with Gasteiger partial charge in [0.2, 0.25) is 11.8 Å². The van der Waals surface area contributed by atoms with E-state index in [1.165, 1.54) is 29.2 Å². The largest absolute Gasteiger partial charge is 0.352 e. The minimum Gasteiger partial charge on any atom is -0.352 e. The standard InChI is InChI=1S/C32H38FN3O4S/c1-23-9-17-29(18-10-23)36(41(39,40)30-19-11-24(2)12-20-30)22-31(37)35(21-26-13-15-27(33)16-14-26)25(3)32(38)34-28-7-5-4-6-8-28/h9-20,25,28H,4-8,21-22H2,1-3H3,(H,34,38)/t25-/m0/s1. The average Bonchev–Trinajstić information content (AvgIpc) is 2.96. The first-order valence-electron chi connectivity index (χ1n) is 14.0. The van der Waals surface area contributed by atoms with Gasteiger partial charge >= 0.3 is 0 Å². The Balaban J connectivity index is 1.66. The SMILES string of the molecule is Cc1ccc(N(CC(=O)N(Cc2ccc(F)cc2)[C@@H](C)C(=O)NC2CCCCC2)S(=O)(=O)c2ccc(C)cc2)cc1. The first-order chi connectivity index (χ1) is 19.5. The second-order valence-corrected chi connectivity index (χ2v) is 12.7. The van der Waals surface area contributed by atoms with Gasteiger partial charge in [-0.05, 0) is 75.6 Å². The summed E-state index contributed by atoms with van der Waals surface area (Å²) in [6.45, 7) is 4.91. The zero-order valence-electron chi connectivity index (χ0n) is 23.8. The minimum absolute atomic E-state index is 0.0185. The topological polar surface area (TPSA) is 86.8 Å². The summed E-state index contributed by atoms with van der Waals surface area (Å²) in [6.07, 6.45) is 5.00. The van der Waals surface area contributed by atoms with Gasteiger partial charge in [0, 0.05) is 12.6 Å². The van der Waals surface area contributed by atoms with Crippen molar-refractivity contribution in [2.45, 2.75) is 76.4 Å². The third-order valence-electron chi connectivity index (χ3n) is 7.59. The third-order valence-corrected chi connectivity index (χ3v) is 9.38. The van der Waals surface area contributed by atoms with Crippen molar-refractivity contribution in [3.63, 3.8) is 0 Å². The summed E-state index contributed by atoms with van der Waals surface area (Å²) in [5, 5.41) is 3.08. The van der Waals surface area contributed by atoms with E-state index in [-0.39, 0.29) is 23.4 Å². The molecule has 3 aromatic carbocycles. The van der Waals surface area contributed by atoms with E-state index in [0.717, 1.165) is 47.5 Å². The molecule has 1 saturated carbocycles. The molecular weight excluding hydrogens is 541 g/mol. The number of halogens is 1. The molecule has 0 spiro atoms. The molecule has 4 rings (SSSR count). The van der Waals surface area contributed by atoms with Crippen LogP contribution in [0.15, 0.2) is 77.7 Å². The summed E-state index contributed by atoms with van der Waals surface area (Å²) in [4.78, 5) is 28.8. The van der Waals surface area contributed by atoms with Crippen molar-refractivity contribution in [1.29, 1.82) is 0 Å². The molecule has 0 saturated heterocycles. The maximum atomic E-state index is 14.0. The Morgan fingerprint density at radius 1 is 0.878 bits per heavy atom. The molecule has 1 aliphatic rings. The van der Waals surface area contributed by atoms with Gasteiger partial charge in [-0.1, -0.05) is 66.8 Å². The number of carbonyl (C=O) groups is 2. The predicted octanol–water partition coefficient (Wildman–Crippen LogP) is 5.50. The predicted molar refractivity (Wildman–Crippen MR) is 158 cm³/mol. The summed E-state index contributed by atoms with van der Waals surface area (Å²) < 4.78 is 42.5. The van der Waals surface area contributed by atoms with Crippen molar-refractivity contribution in [3.8, 4) is 0 Å². The van der Waals surface area contributed by atoms with Crippen LogP contribution in [0.2, 0.25) is 0 Å². The molecule has 41 heavy (non-hydrogen) atoms. The molecule has 1 fully saturated rings. The maximum Gasteiger partial charge on any atom is 0.264 e. The van der Waals surface area contributed by atoms with Gasteiger partial charge in [0.15, 0.2) is 0 Å². The molecule has 0 unspecified atom stereocenters. The van der Waals surface area contributed by atoms with Crippen LogP contribution in [0.1, 0.15) is 55.7 Å². The van der Waals surface area contributed by atoms with Gasteiger partial charge in [-0.3, -0.25) is 13.9 Å². The monoisotopic (exact) mass is 579 g/mol. The molecule has 9 heteroatoms. The molecule has 0 aliphatic heterocycles. The normalized spacial score (nSPS) is 14.7. The van der Waals surface area contributed by atoms with Crippen molar-refractivity contribution in [2.24, 2.45) is 0 Å². The Bertz CT molecular complexity index is 1440. The highest BCUT2D eigenvalue weighted by Gasteiger charge is 2.33. The van der Waals surface area contributed by atoms with Crippen LogP contribution in [0.3, 0.4) is 0 Å². The van der Waals surface area contributed by atoms with Crippen LogP contribution in [0.5, 0.6) is 0 Å². The van der Waals surface area contributed by atoms with E-state index in [9.17, 15) is 22.4 Å². The molecule has 0 heterocycles. The minimum atomic E-state index is -4.12. The fourth-order valence-electron chi connectivity index (χ4n) is 5.02. The van der Waals surface area contributed by atoms with Crippen LogP contribution in [-0.4, -0.2) is 43.8 Å². The number of sulfonamides is 1. The van der Waals surface area contributed by atoms with Gasteiger partial charge in [-0.15, -0.1) is 0 Å². The fraction of sp³-hybridized carbons (Fsp3) is 0.375. The highest BCUT2D eigenvalue weighted by molar-refractivity contribution is 7.92. The lowest BCUT2D eigenvalue weighted by Gasteiger charge is -2.33. The van der Waals surface area contributed by atoms with Crippen LogP contribution in [-0.2, 0) is 26.2 Å². The Kier molecular flexibility index (Phi) is 9.81. The highest BCUT2D eigenvalue weighted by Crippen LogP contribution is 2.25. The van der Waals surface area contributed by atoms with E-state index in [4.69, 9.17) is 0 Å². The average molecular weight is 580 g/mol. The van der Waals surface area contributed by atoms with Gasteiger partial charge in [0.05, 0.1) is 10.6 Å². The van der Waals surface area contributed by atoms with Crippen molar-refractivity contribution >= 4 is 27.5 Å². The summed E-state index contributed by atoms with van der Waals surface area (Å²) in [5.74, 6) is -1.25. The number of hydrogen-bond donors (Lipinski definition) is 1. The number of nitrogens with one attached hydrogen (secondary N) is 1. The van der Waals surface area contributed by atoms with E-state index in [1.807, 2.05) is 13.8 Å². The molecule has 0 aromatic heterocycles. The number of anilines is 1. The molecule has 1 atom stereocenters. The summed E-state index contributed by atoms with van der Waals surface area (Å²) in [6, 6.07) is 18.2. The summed E-state index contributed by atoms with van der Waals surface area (Å²) in [5.41, 5.74) is 2.81. The lowest BCUT2D eigenvalue weighted by molar-refractivity contribution is -0.139.